The van der Waals surface area contributed by atoms with Gasteiger partial charge in [-0.3, -0.25) is 0 Å². The first-order valence-corrected chi connectivity index (χ1v) is 6.80. The standard InChI is InChI=1S/C16H17ClFN/c1-2-19-16(13-6-4-7-14(17)11-13)10-12-5-3-8-15(18)9-12/h3-9,11,16,19H,2,10H2,1H3. The van der Waals surface area contributed by atoms with Gasteiger partial charge >= 0.3 is 0 Å². The Bertz CT molecular complexity index is 542. The van der Waals surface area contributed by atoms with E-state index in [1.807, 2.05) is 30.3 Å². The van der Waals surface area contributed by atoms with E-state index < -0.39 is 0 Å². The minimum Gasteiger partial charge on any atom is -0.310 e. The third-order valence-corrected chi connectivity index (χ3v) is 3.27. The van der Waals surface area contributed by atoms with Gasteiger partial charge in [-0.1, -0.05) is 42.8 Å². The van der Waals surface area contributed by atoms with E-state index in [1.165, 1.54) is 6.07 Å². The Balaban J connectivity index is 2.21. The Labute approximate surface area is 118 Å². The highest BCUT2D eigenvalue weighted by Crippen LogP contribution is 2.21. The molecule has 0 saturated heterocycles. The largest absolute Gasteiger partial charge is 0.310 e. The molecule has 0 aromatic heterocycles. The normalized spacial score (nSPS) is 12.4. The van der Waals surface area contributed by atoms with Crippen molar-refractivity contribution in [1.82, 2.24) is 5.32 Å². The molecule has 0 bridgehead atoms. The van der Waals surface area contributed by atoms with Crippen LogP contribution in [0.1, 0.15) is 24.1 Å². The van der Waals surface area contributed by atoms with Gasteiger partial charge in [0.2, 0.25) is 0 Å². The molecule has 2 aromatic rings. The van der Waals surface area contributed by atoms with Gasteiger partial charge in [0.1, 0.15) is 5.82 Å². The Morgan fingerprint density at radius 1 is 1.16 bits per heavy atom. The van der Waals surface area contributed by atoms with Crippen molar-refractivity contribution in [2.24, 2.45) is 0 Å². The minimum atomic E-state index is -0.196. The van der Waals surface area contributed by atoms with Crippen LogP contribution in [0.25, 0.3) is 0 Å². The Morgan fingerprint density at radius 3 is 2.63 bits per heavy atom. The van der Waals surface area contributed by atoms with Gasteiger partial charge in [0.05, 0.1) is 0 Å². The molecule has 0 amide bonds. The number of rotatable bonds is 5. The van der Waals surface area contributed by atoms with Crippen LogP contribution in [0.15, 0.2) is 48.5 Å². The summed E-state index contributed by atoms with van der Waals surface area (Å²) in [6, 6.07) is 14.7. The number of likely N-dealkylation sites (N-methyl/N-ethyl adjacent to an activating group) is 1. The predicted molar refractivity (Wildman–Crippen MR) is 78.0 cm³/mol. The zero-order valence-electron chi connectivity index (χ0n) is 10.9. The van der Waals surface area contributed by atoms with E-state index in [2.05, 4.69) is 12.2 Å². The Morgan fingerprint density at radius 2 is 1.95 bits per heavy atom. The lowest BCUT2D eigenvalue weighted by Crippen LogP contribution is -2.23. The van der Waals surface area contributed by atoms with Gasteiger partial charge in [-0.2, -0.15) is 0 Å². The first-order valence-electron chi connectivity index (χ1n) is 6.42. The van der Waals surface area contributed by atoms with Crippen LogP contribution in [0, 0.1) is 5.82 Å². The molecular weight excluding hydrogens is 261 g/mol. The molecule has 1 N–H and O–H groups in total. The van der Waals surface area contributed by atoms with Crippen LogP contribution in [0.5, 0.6) is 0 Å². The van der Waals surface area contributed by atoms with Gasteiger partial charge in [-0.05, 0) is 48.4 Å². The van der Waals surface area contributed by atoms with Crippen LogP contribution in [-0.4, -0.2) is 6.54 Å². The molecule has 0 aliphatic heterocycles. The van der Waals surface area contributed by atoms with Crippen molar-refractivity contribution in [2.45, 2.75) is 19.4 Å². The third kappa shape index (κ3) is 4.05. The lowest BCUT2D eigenvalue weighted by Gasteiger charge is -2.19. The zero-order valence-corrected chi connectivity index (χ0v) is 11.6. The van der Waals surface area contributed by atoms with Crippen molar-refractivity contribution in [1.29, 1.82) is 0 Å². The maximum absolute atomic E-state index is 13.2. The topological polar surface area (TPSA) is 12.0 Å². The summed E-state index contributed by atoms with van der Waals surface area (Å²) in [6.45, 7) is 2.91. The smallest absolute Gasteiger partial charge is 0.123 e. The molecule has 3 heteroatoms. The van der Waals surface area contributed by atoms with Gasteiger partial charge < -0.3 is 5.32 Å². The number of hydrogen-bond acceptors (Lipinski definition) is 1. The maximum atomic E-state index is 13.2. The van der Waals surface area contributed by atoms with Gasteiger partial charge in [-0.25, -0.2) is 4.39 Å². The molecule has 0 radical (unpaired) electrons. The number of nitrogens with one attached hydrogen (secondary N) is 1. The van der Waals surface area contributed by atoms with E-state index >= 15 is 0 Å². The zero-order chi connectivity index (χ0) is 13.7. The molecule has 0 aliphatic rings. The molecular formula is C16H17ClFN. The van der Waals surface area contributed by atoms with E-state index in [0.717, 1.165) is 29.1 Å². The molecule has 2 rings (SSSR count). The van der Waals surface area contributed by atoms with Gasteiger partial charge in [0, 0.05) is 11.1 Å². The molecule has 100 valence electrons. The second-order valence-electron chi connectivity index (χ2n) is 4.50. The highest BCUT2D eigenvalue weighted by atomic mass is 35.5. The average Bonchev–Trinajstić information content (AvgIpc) is 2.38. The Hall–Kier alpha value is -1.38. The molecule has 0 saturated carbocycles. The average molecular weight is 278 g/mol. The van der Waals surface area contributed by atoms with E-state index in [-0.39, 0.29) is 11.9 Å². The van der Waals surface area contributed by atoms with Crippen LogP contribution in [0.4, 0.5) is 4.39 Å². The molecule has 0 spiro atoms. The summed E-state index contributed by atoms with van der Waals surface area (Å²) in [5.74, 6) is -0.196. The quantitative estimate of drug-likeness (QED) is 0.856. The van der Waals surface area contributed by atoms with Crippen molar-refractivity contribution in [2.75, 3.05) is 6.54 Å². The summed E-state index contributed by atoms with van der Waals surface area (Å²) in [7, 11) is 0. The van der Waals surface area contributed by atoms with E-state index in [0.29, 0.717) is 0 Å². The monoisotopic (exact) mass is 277 g/mol. The summed E-state index contributed by atoms with van der Waals surface area (Å²) < 4.78 is 13.2. The van der Waals surface area contributed by atoms with Crippen molar-refractivity contribution >= 4 is 11.6 Å². The minimum absolute atomic E-state index is 0.144. The van der Waals surface area contributed by atoms with Crippen LogP contribution in [0.2, 0.25) is 5.02 Å². The van der Waals surface area contributed by atoms with Crippen LogP contribution in [-0.2, 0) is 6.42 Å². The first kappa shape index (κ1) is 14.0. The van der Waals surface area contributed by atoms with Crippen LogP contribution in [0.3, 0.4) is 0 Å². The van der Waals surface area contributed by atoms with Gasteiger partial charge in [0.15, 0.2) is 0 Å². The van der Waals surface area contributed by atoms with E-state index in [9.17, 15) is 4.39 Å². The first-order chi connectivity index (χ1) is 9.19. The van der Waals surface area contributed by atoms with Gasteiger partial charge in [0.25, 0.3) is 0 Å². The van der Waals surface area contributed by atoms with E-state index in [1.54, 1.807) is 12.1 Å². The summed E-state index contributed by atoms with van der Waals surface area (Å²) in [6.07, 6.45) is 0.742. The molecule has 19 heavy (non-hydrogen) atoms. The second kappa shape index (κ2) is 6.69. The lowest BCUT2D eigenvalue weighted by molar-refractivity contribution is 0.547. The molecule has 2 aromatic carbocycles. The molecule has 1 nitrogen and oxygen atoms in total. The summed E-state index contributed by atoms with van der Waals surface area (Å²) in [5, 5.41) is 4.13. The molecule has 0 heterocycles. The summed E-state index contributed by atoms with van der Waals surface area (Å²) in [5.41, 5.74) is 2.10. The second-order valence-corrected chi connectivity index (χ2v) is 4.94. The van der Waals surface area contributed by atoms with E-state index in [4.69, 9.17) is 11.6 Å². The lowest BCUT2D eigenvalue weighted by atomic mass is 9.99. The third-order valence-electron chi connectivity index (χ3n) is 3.03. The number of hydrogen-bond donors (Lipinski definition) is 1. The highest BCUT2D eigenvalue weighted by molar-refractivity contribution is 6.30. The maximum Gasteiger partial charge on any atom is 0.123 e. The van der Waals surface area contributed by atoms with Crippen LogP contribution < -0.4 is 5.32 Å². The van der Waals surface area contributed by atoms with Gasteiger partial charge in [-0.15, -0.1) is 0 Å². The van der Waals surface area contributed by atoms with Crippen molar-refractivity contribution < 1.29 is 4.39 Å². The molecule has 1 unspecified atom stereocenters. The van der Waals surface area contributed by atoms with Crippen LogP contribution >= 0.6 is 11.6 Å². The fourth-order valence-electron chi connectivity index (χ4n) is 2.18. The molecule has 0 fully saturated rings. The molecule has 1 atom stereocenters. The Kier molecular flexibility index (Phi) is 4.94. The van der Waals surface area contributed by atoms with Crippen molar-refractivity contribution in [3.63, 3.8) is 0 Å². The number of halogens is 2. The number of benzene rings is 2. The fraction of sp³-hybridized carbons (Fsp3) is 0.250. The SMILES string of the molecule is CCNC(Cc1cccc(F)c1)c1cccc(Cl)c1. The predicted octanol–water partition coefficient (Wildman–Crippen LogP) is 4.37. The van der Waals surface area contributed by atoms with Crippen molar-refractivity contribution in [3.8, 4) is 0 Å². The molecule has 0 aliphatic carbocycles. The highest BCUT2D eigenvalue weighted by Gasteiger charge is 2.11. The van der Waals surface area contributed by atoms with Crippen molar-refractivity contribution in [3.05, 3.63) is 70.5 Å². The fourth-order valence-corrected chi connectivity index (χ4v) is 2.38. The summed E-state index contributed by atoms with van der Waals surface area (Å²) in [4.78, 5) is 0. The summed E-state index contributed by atoms with van der Waals surface area (Å²) >= 11 is 6.03.